The van der Waals surface area contributed by atoms with Gasteiger partial charge < -0.3 is 4.74 Å². The molecular formula is C13H8N6O. The molecular weight excluding hydrogens is 256 g/mol. The quantitative estimate of drug-likeness (QED) is 0.669. The van der Waals surface area contributed by atoms with Crippen molar-refractivity contribution in [3.8, 4) is 23.9 Å². The molecule has 0 atom stereocenters. The maximum Gasteiger partial charge on any atom is 0.321 e. The lowest BCUT2D eigenvalue weighted by Crippen LogP contribution is -1.96. The van der Waals surface area contributed by atoms with Crippen molar-refractivity contribution in [2.24, 2.45) is 5.10 Å². The molecule has 0 aliphatic heterocycles. The molecule has 1 aromatic heterocycles. The summed E-state index contributed by atoms with van der Waals surface area (Å²) in [4.78, 5) is 7.87. The number of nitriles is 2. The first-order valence-corrected chi connectivity index (χ1v) is 5.50. The average Bonchev–Trinajstić information content (AvgIpc) is 2.51. The molecule has 0 unspecified atom stereocenters. The van der Waals surface area contributed by atoms with Gasteiger partial charge in [0.05, 0.1) is 5.69 Å². The average molecular weight is 264 g/mol. The van der Waals surface area contributed by atoms with Crippen molar-refractivity contribution >= 4 is 11.4 Å². The van der Waals surface area contributed by atoms with Crippen LogP contribution in [0.25, 0.3) is 0 Å². The lowest BCUT2D eigenvalue weighted by molar-refractivity contribution is 0.442. The lowest BCUT2D eigenvalue weighted by Gasteiger charge is -2.04. The topological polar surface area (TPSA) is 107 Å². The summed E-state index contributed by atoms with van der Waals surface area (Å²) < 4.78 is 5.41. The first-order chi connectivity index (χ1) is 9.81. The van der Waals surface area contributed by atoms with E-state index < -0.39 is 0 Å². The van der Waals surface area contributed by atoms with Crippen molar-refractivity contribution in [1.82, 2.24) is 9.97 Å². The van der Waals surface area contributed by atoms with Crippen LogP contribution >= 0.6 is 0 Å². The third-order valence-electron chi connectivity index (χ3n) is 2.11. The van der Waals surface area contributed by atoms with E-state index in [1.165, 1.54) is 0 Å². The van der Waals surface area contributed by atoms with E-state index in [0.29, 0.717) is 11.4 Å². The Labute approximate surface area is 114 Å². The van der Waals surface area contributed by atoms with Gasteiger partial charge in [0.15, 0.2) is 0 Å². The second-order valence-electron chi connectivity index (χ2n) is 3.45. The van der Waals surface area contributed by atoms with Gasteiger partial charge in [-0.05, 0) is 30.3 Å². The number of nitrogens with zero attached hydrogens (tertiary/aromatic N) is 5. The number of hydrogen-bond acceptors (Lipinski definition) is 7. The van der Waals surface area contributed by atoms with E-state index in [1.807, 2.05) is 0 Å². The SMILES string of the molecule is N#CC(C#N)=NNc1ccc(Oc2ncccn2)cc1. The smallest absolute Gasteiger partial charge is 0.321 e. The Morgan fingerprint density at radius 1 is 1.10 bits per heavy atom. The van der Waals surface area contributed by atoms with Crippen LogP contribution in [0.5, 0.6) is 11.8 Å². The number of hydrogen-bond donors (Lipinski definition) is 1. The summed E-state index contributed by atoms with van der Waals surface area (Å²) in [5.74, 6) is 0.562. The zero-order valence-corrected chi connectivity index (χ0v) is 10.2. The van der Waals surface area contributed by atoms with Crippen molar-refractivity contribution in [3.05, 3.63) is 42.7 Å². The van der Waals surface area contributed by atoms with Crippen molar-refractivity contribution < 1.29 is 4.74 Å². The predicted octanol–water partition coefficient (Wildman–Crippen LogP) is 2.08. The van der Waals surface area contributed by atoms with E-state index in [0.717, 1.165) is 0 Å². The molecule has 0 bridgehead atoms. The third kappa shape index (κ3) is 3.52. The zero-order chi connectivity index (χ0) is 14.2. The minimum Gasteiger partial charge on any atom is -0.424 e. The number of benzene rings is 1. The summed E-state index contributed by atoms with van der Waals surface area (Å²) in [5, 5.41) is 20.7. The highest BCUT2D eigenvalue weighted by Gasteiger charge is 1.99. The number of anilines is 1. The molecule has 1 N–H and O–H groups in total. The van der Waals surface area contributed by atoms with E-state index in [2.05, 4.69) is 20.5 Å². The van der Waals surface area contributed by atoms with Crippen LogP contribution in [0.15, 0.2) is 47.8 Å². The molecule has 7 nitrogen and oxygen atoms in total. The van der Waals surface area contributed by atoms with Gasteiger partial charge >= 0.3 is 6.01 Å². The van der Waals surface area contributed by atoms with Crippen molar-refractivity contribution in [1.29, 1.82) is 10.5 Å². The van der Waals surface area contributed by atoms with Crippen LogP contribution in [0, 0.1) is 22.7 Å². The van der Waals surface area contributed by atoms with Gasteiger partial charge in [0.25, 0.3) is 0 Å². The predicted molar refractivity (Wildman–Crippen MR) is 70.8 cm³/mol. The Morgan fingerprint density at radius 2 is 1.75 bits per heavy atom. The molecule has 0 radical (unpaired) electrons. The van der Waals surface area contributed by atoms with Gasteiger partial charge in [0.1, 0.15) is 17.9 Å². The fourth-order valence-corrected chi connectivity index (χ4v) is 1.24. The Hall–Kier alpha value is -3.45. The Bertz CT molecular complexity index is 666. The summed E-state index contributed by atoms with van der Waals surface area (Å²) in [6.45, 7) is 0. The second kappa shape index (κ2) is 6.47. The second-order valence-corrected chi connectivity index (χ2v) is 3.45. The maximum absolute atomic E-state index is 8.54. The molecule has 0 saturated carbocycles. The van der Waals surface area contributed by atoms with Gasteiger partial charge in [-0.3, -0.25) is 5.43 Å². The molecule has 0 spiro atoms. The molecule has 0 saturated heterocycles. The van der Waals surface area contributed by atoms with Crippen molar-refractivity contribution in [3.63, 3.8) is 0 Å². The highest BCUT2D eigenvalue weighted by atomic mass is 16.5. The molecule has 7 heteroatoms. The van der Waals surface area contributed by atoms with Crippen LogP contribution in [0.1, 0.15) is 0 Å². The van der Waals surface area contributed by atoms with Crippen LogP contribution in [-0.2, 0) is 0 Å². The van der Waals surface area contributed by atoms with Crippen LogP contribution in [-0.4, -0.2) is 15.7 Å². The standard InChI is InChI=1S/C13H8N6O/c14-8-11(9-15)19-18-10-2-4-12(5-3-10)20-13-16-6-1-7-17-13/h1-7,18H. The molecule has 0 aliphatic carbocycles. The Balaban J connectivity index is 2.02. The number of nitrogens with one attached hydrogen (secondary N) is 1. The monoisotopic (exact) mass is 264 g/mol. The van der Waals surface area contributed by atoms with E-state index in [1.54, 1.807) is 54.9 Å². The number of hydrazone groups is 1. The van der Waals surface area contributed by atoms with E-state index in [9.17, 15) is 0 Å². The van der Waals surface area contributed by atoms with Crippen molar-refractivity contribution in [2.45, 2.75) is 0 Å². The first-order valence-electron chi connectivity index (χ1n) is 5.50. The van der Waals surface area contributed by atoms with E-state index in [-0.39, 0.29) is 11.7 Å². The summed E-state index contributed by atoms with van der Waals surface area (Å²) >= 11 is 0. The number of aromatic nitrogens is 2. The fourth-order valence-electron chi connectivity index (χ4n) is 1.24. The van der Waals surface area contributed by atoms with Crippen LogP contribution < -0.4 is 10.2 Å². The fraction of sp³-hybridized carbons (Fsp3) is 0. The van der Waals surface area contributed by atoms with Gasteiger partial charge in [-0.2, -0.15) is 15.6 Å². The van der Waals surface area contributed by atoms with E-state index >= 15 is 0 Å². The van der Waals surface area contributed by atoms with Crippen LogP contribution in [0.3, 0.4) is 0 Å². The van der Waals surface area contributed by atoms with E-state index in [4.69, 9.17) is 15.3 Å². The molecule has 2 rings (SSSR count). The largest absolute Gasteiger partial charge is 0.424 e. The van der Waals surface area contributed by atoms with Gasteiger partial charge in [0.2, 0.25) is 5.71 Å². The Kier molecular flexibility index (Phi) is 4.21. The summed E-state index contributed by atoms with van der Waals surface area (Å²) in [5.41, 5.74) is 2.97. The van der Waals surface area contributed by atoms with Crippen LogP contribution in [0.2, 0.25) is 0 Å². The zero-order valence-electron chi connectivity index (χ0n) is 10.2. The minimum absolute atomic E-state index is 0.247. The molecule has 1 aromatic carbocycles. The first kappa shape index (κ1) is 13.0. The summed E-state index contributed by atoms with van der Waals surface area (Å²) in [7, 11) is 0. The molecule has 20 heavy (non-hydrogen) atoms. The van der Waals surface area contributed by atoms with Crippen LogP contribution in [0.4, 0.5) is 5.69 Å². The highest BCUT2D eigenvalue weighted by Crippen LogP contribution is 2.19. The maximum atomic E-state index is 8.54. The van der Waals surface area contributed by atoms with Crippen molar-refractivity contribution in [2.75, 3.05) is 5.43 Å². The summed E-state index contributed by atoms with van der Waals surface area (Å²) in [6, 6.07) is 12.0. The highest BCUT2D eigenvalue weighted by molar-refractivity contribution is 6.10. The van der Waals surface area contributed by atoms with Gasteiger partial charge in [-0.1, -0.05) is 0 Å². The molecule has 0 amide bonds. The molecule has 0 fully saturated rings. The van der Waals surface area contributed by atoms with Gasteiger partial charge in [0, 0.05) is 12.4 Å². The normalized spacial score (nSPS) is 8.90. The molecule has 2 aromatic rings. The lowest BCUT2D eigenvalue weighted by atomic mass is 10.3. The van der Waals surface area contributed by atoms with Gasteiger partial charge in [-0.25, -0.2) is 9.97 Å². The molecule has 1 heterocycles. The van der Waals surface area contributed by atoms with Gasteiger partial charge in [-0.15, -0.1) is 0 Å². The Morgan fingerprint density at radius 3 is 2.35 bits per heavy atom. The minimum atomic E-state index is -0.247. The number of ether oxygens (including phenoxy) is 1. The molecule has 0 aliphatic rings. The third-order valence-corrected chi connectivity index (χ3v) is 2.11. The molecule has 96 valence electrons. The number of rotatable bonds is 4. The summed E-state index contributed by atoms with van der Waals surface area (Å²) in [6.07, 6.45) is 3.16.